The number of ketones is 1. The number of hydrogen-bond acceptors (Lipinski definition) is 13. The maximum atomic E-state index is 14.1. The van der Waals surface area contributed by atoms with Crippen molar-refractivity contribution in [1.29, 1.82) is 0 Å². The van der Waals surface area contributed by atoms with Gasteiger partial charge in [-0.15, -0.1) is 0 Å². The van der Waals surface area contributed by atoms with E-state index in [-0.39, 0.29) is 48.7 Å². The number of nitrogens with zero attached hydrogens (tertiary/aromatic N) is 5. The first-order valence-corrected chi connectivity index (χ1v) is 26.0. The van der Waals surface area contributed by atoms with Gasteiger partial charge in [0.15, 0.2) is 15.6 Å². The number of halogens is 3. The standard InChI is InChI=1S/C48H54F3N7O9S2/c1-31-21-34(48(49,50)51)5-8-39(31)41-25-47(2,3)13-11-33(41)28-55-15-17-56(18-16-55)35-6-9-40(45(23-35)67-36-22-32-12-14-52-46(32)54-26-36)44(59)30-69(64,65)38-7-10-42(43(24-38)58(60)61)53-27-37-29-57(19-20-66-37)68(4,62)63/h5-10,12,14,21-24,26,37,53H,11,13,15-20,25,27-30H2,1-4H3,(H,52,54)/t37-/m0/s1. The number of pyridine rings is 1. The average molecular weight is 994 g/mol. The number of carbonyl (C=O) groups excluding carboxylic acids is 1. The number of aromatic amines is 1. The SMILES string of the molecule is Cc1cc(C(F)(F)F)ccc1C1=C(CN2CCN(c3ccc(C(=O)CS(=O)(=O)c4ccc(NC[C@H]5CN(S(C)(=O)=O)CCO5)c([N+](=O)[O-])c4)c(Oc4cnc5[nH]ccc5c4)c3)CC2)CCC(C)(C)C1. The number of morpholine rings is 1. The molecular weight excluding hydrogens is 940 g/mol. The second kappa shape index (κ2) is 19.5. The van der Waals surface area contributed by atoms with E-state index in [1.165, 1.54) is 46.4 Å². The summed E-state index contributed by atoms with van der Waals surface area (Å²) in [4.78, 5) is 37.0. The number of nitro benzene ring substituents is 1. The van der Waals surface area contributed by atoms with Crippen molar-refractivity contribution in [2.24, 2.45) is 5.41 Å². The summed E-state index contributed by atoms with van der Waals surface area (Å²) in [6.45, 7) is 9.69. The van der Waals surface area contributed by atoms with Crippen LogP contribution in [0.5, 0.6) is 11.5 Å². The fraction of sp³-hybridized carbons (Fsp3) is 0.417. The molecular formula is C48H54F3N7O9S2. The van der Waals surface area contributed by atoms with E-state index < -0.39 is 64.7 Å². The van der Waals surface area contributed by atoms with E-state index in [0.29, 0.717) is 49.7 Å². The molecule has 8 rings (SSSR count). The molecule has 2 aliphatic heterocycles. The van der Waals surface area contributed by atoms with Crippen molar-refractivity contribution in [3.8, 4) is 11.5 Å². The van der Waals surface area contributed by atoms with Crippen LogP contribution in [0.15, 0.2) is 89.6 Å². The van der Waals surface area contributed by atoms with Crippen molar-refractivity contribution >= 4 is 59.3 Å². The summed E-state index contributed by atoms with van der Waals surface area (Å²) in [5, 5.41) is 15.8. The Bertz CT molecular complexity index is 3040. The molecule has 5 aromatic rings. The molecule has 3 aromatic carbocycles. The molecule has 16 nitrogen and oxygen atoms in total. The van der Waals surface area contributed by atoms with Crippen LogP contribution < -0.4 is 15.0 Å². The molecule has 0 unspecified atom stereocenters. The zero-order valence-corrected chi connectivity index (χ0v) is 40.3. The van der Waals surface area contributed by atoms with Crippen molar-refractivity contribution in [2.45, 2.75) is 57.2 Å². The molecule has 0 amide bonds. The number of sulfone groups is 1. The number of carbonyl (C=O) groups is 1. The number of rotatable bonds is 15. The monoisotopic (exact) mass is 993 g/mol. The lowest BCUT2D eigenvalue weighted by molar-refractivity contribution is -0.384. The second-order valence-electron chi connectivity index (χ2n) is 18.7. The molecule has 3 aliphatic rings. The van der Waals surface area contributed by atoms with Gasteiger partial charge in [-0.1, -0.05) is 25.5 Å². The largest absolute Gasteiger partial charge is 0.455 e. The summed E-state index contributed by atoms with van der Waals surface area (Å²) in [6.07, 6.45) is 1.79. The Balaban J connectivity index is 0.996. The highest BCUT2D eigenvalue weighted by molar-refractivity contribution is 7.92. The highest BCUT2D eigenvalue weighted by atomic mass is 32.2. The number of sulfonamides is 1. The van der Waals surface area contributed by atoms with Gasteiger partial charge >= 0.3 is 6.18 Å². The van der Waals surface area contributed by atoms with E-state index in [9.17, 15) is 44.9 Å². The molecule has 4 heterocycles. The number of fused-ring (bicyclic) bond motifs is 1. The van der Waals surface area contributed by atoms with E-state index in [1.807, 2.05) is 0 Å². The third-order valence-electron chi connectivity index (χ3n) is 13.0. The quantitative estimate of drug-likeness (QED) is 0.0580. The van der Waals surface area contributed by atoms with Crippen molar-refractivity contribution in [2.75, 3.05) is 81.2 Å². The molecule has 0 saturated carbocycles. The number of allylic oxidation sites excluding steroid dienone is 1. The molecule has 1 aliphatic carbocycles. The highest BCUT2D eigenvalue weighted by Crippen LogP contribution is 2.45. The summed E-state index contributed by atoms with van der Waals surface area (Å²) in [7, 11) is -7.94. The topological polar surface area (TPSA) is 197 Å². The first kappa shape index (κ1) is 49.5. The average Bonchev–Trinajstić information content (AvgIpc) is 3.76. The fourth-order valence-corrected chi connectivity index (χ4v) is 11.3. The minimum absolute atomic E-state index is 0.00156. The lowest BCUT2D eigenvalue weighted by Gasteiger charge is -2.39. The van der Waals surface area contributed by atoms with Gasteiger partial charge in [0.25, 0.3) is 5.69 Å². The molecule has 0 radical (unpaired) electrons. The number of anilines is 2. The Morgan fingerprint density at radius 1 is 1.01 bits per heavy atom. The van der Waals surface area contributed by atoms with Gasteiger partial charge in [-0.2, -0.15) is 17.5 Å². The van der Waals surface area contributed by atoms with Crippen LogP contribution in [0.3, 0.4) is 0 Å². The van der Waals surface area contributed by atoms with Gasteiger partial charge in [0.05, 0.1) is 46.1 Å². The predicted molar refractivity (Wildman–Crippen MR) is 256 cm³/mol. The van der Waals surface area contributed by atoms with Crippen molar-refractivity contribution in [1.82, 2.24) is 19.2 Å². The van der Waals surface area contributed by atoms with E-state index in [2.05, 4.69) is 38.9 Å². The number of benzene rings is 3. The Hall–Kier alpha value is -5.87. The van der Waals surface area contributed by atoms with E-state index >= 15 is 0 Å². The fourth-order valence-electron chi connectivity index (χ4n) is 9.21. The number of aromatic nitrogens is 2. The molecule has 2 aromatic heterocycles. The van der Waals surface area contributed by atoms with Gasteiger partial charge in [-0.25, -0.2) is 21.8 Å². The lowest BCUT2D eigenvalue weighted by atomic mass is 9.72. The molecule has 368 valence electrons. The number of ether oxygens (including phenoxy) is 2. The van der Waals surface area contributed by atoms with Gasteiger partial charge in [-0.05, 0) is 96.8 Å². The minimum atomic E-state index is -4.45. The van der Waals surface area contributed by atoms with Gasteiger partial charge in [0.2, 0.25) is 10.0 Å². The molecule has 2 saturated heterocycles. The molecule has 69 heavy (non-hydrogen) atoms. The van der Waals surface area contributed by atoms with Crippen LogP contribution >= 0.6 is 0 Å². The van der Waals surface area contributed by atoms with Crippen molar-refractivity contribution < 1.29 is 49.2 Å². The number of H-pyrrole nitrogens is 1. The number of Topliss-reactive ketones (excluding diaryl/α,β-unsaturated/α-hetero) is 1. The number of piperazine rings is 1. The molecule has 0 spiro atoms. The maximum absolute atomic E-state index is 14.1. The number of hydrogen-bond donors (Lipinski definition) is 2. The first-order chi connectivity index (χ1) is 32.5. The zero-order chi connectivity index (χ0) is 49.5. The van der Waals surface area contributed by atoms with Crippen molar-refractivity contribution in [3.05, 3.63) is 117 Å². The molecule has 2 N–H and O–H groups in total. The van der Waals surface area contributed by atoms with Crippen LogP contribution in [-0.4, -0.2) is 124 Å². The maximum Gasteiger partial charge on any atom is 0.416 e. The van der Waals surface area contributed by atoms with Crippen molar-refractivity contribution in [3.63, 3.8) is 0 Å². The van der Waals surface area contributed by atoms with Gasteiger partial charge in [0.1, 0.15) is 28.6 Å². The van der Waals surface area contributed by atoms with E-state index in [1.54, 1.807) is 43.5 Å². The Morgan fingerprint density at radius 3 is 2.49 bits per heavy atom. The normalized spacial score (nSPS) is 18.7. The first-order valence-electron chi connectivity index (χ1n) is 22.5. The van der Waals surface area contributed by atoms with Crippen LogP contribution in [0.25, 0.3) is 16.6 Å². The third-order valence-corrected chi connectivity index (χ3v) is 15.9. The van der Waals surface area contributed by atoms with Crippen LogP contribution in [0, 0.1) is 22.5 Å². The van der Waals surface area contributed by atoms with Gasteiger partial charge < -0.3 is 24.7 Å². The van der Waals surface area contributed by atoms with Crippen LogP contribution in [0.2, 0.25) is 0 Å². The van der Waals surface area contributed by atoms with Crippen LogP contribution in [-0.2, 0) is 30.8 Å². The third kappa shape index (κ3) is 11.6. The minimum Gasteiger partial charge on any atom is -0.455 e. The Morgan fingerprint density at radius 2 is 1.78 bits per heavy atom. The second-order valence-corrected chi connectivity index (χ2v) is 22.7. The number of nitrogens with one attached hydrogen (secondary N) is 2. The van der Waals surface area contributed by atoms with Crippen LogP contribution in [0.4, 0.5) is 30.2 Å². The molecule has 21 heteroatoms. The summed E-state index contributed by atoms with van der Waals surface area (Å²) < 4.78 is 106. The van der Waals surface area contributed by atoms with E-state index in [4.69, 9.17) is 9.47 Å². The lowest BCUT2D eigenvalue weighted by Crippen LogP contribution is -2.47. The Labute approximate surface area is 398 Å². The Kier molecular flexibility index (Phi) is 14.0. The predicted octanol–water partition coefficient (Wildman–Crippen LogP) is 8.11. The summed E-state index contributed by atoms with van der Waals surface area (Å²) in [6, 6.07) is 15.7. The zero-order valence-electron chi connectivity index (χ0n) is 38.6. The smallest absolute Gasteiger partial charge is 0.416 e. The number of nitro groups is 1. The van der Waals surface area contributed by atoms with Gasteiger partial charge in [0, 0.05) is 81.8 Å². The molecule has 1 atom stereocenters. The number of aryl methyl sites for hydroxylation is 1. The van der Waals surface area contributed by atoms with Crippen LogP contribution in [0.1, 0.15) is 60.2 Å². The van der Waals surface area contributed by atoms with Gasteiger partial charge in [-0.3, -0.25) is 19.8 Å². The number of alkyl halides is 3. The molecule has 0 bridgehead atoms. The summed E-state index contributed by atoms with van der Waals surface area (Å²) >= 11 is 0. The highest BCUT2D eigenvalue weighted by Gasteiger charge is 2.34. The molecule has 2 fully saturated rings. The summed E-state index contributed by atoms with van der Waals surface area (Å²) in [5.41, 5.74) is 3.85. The summed E-state index contributed by atoms with van der Waals surface area (Å²) in [5.74, 6) is -1.46. The van der Waals surface area contributed by atoms with E-state index in [0.717, 1.165) is 53.8 Å².